The summed E-state index contributed by atoms with van der Waals surface area (Å²) in [6.45, 7) is 1.09. The maximum absolute atomic E-state index is 12.4. The van der Waals surface area contributed by atoms with Gasteiger partial charge in [0, 0.05) is 10.8 Å². The number of nitrogens with one attached hydrogen (secondary N) is 2. The van der Waals surface area contributed by atoms with Gasteiger partial charge in [0.15, 0.2) is 6.61 Å². The molecular weight excluding hydrogens is 444 g/mol. The van der Waals surface area contributed by atoms with Gasteiger partial charge < -0.3 is 20.1 Å². The van der Waals surface area contributed by atoms with Crippen molar-refractivity contribution >= 4 is 40.1 Å². The van der Waals surface area contributed by atoms with Gasteiger partial charge in [-0.2, -0.15) is 0 Å². The van der Waals surface area contributed by atoms with Gasteiger partial charge in [0.05, 0.1) is 12.2 Å². The maximum Gasteiger partial charge on any atom is 0.341 e. The molecule has 2 amide bonds. The van der Waals surface area contributed by atoms with E-state index < -0.39 is 24.5 Å². The van der Waals surface area contributed by atoms with Crippen molar-refractivity contribution < 1.29 is 28.7 Å². The highest BCUT2D eigenvalue weighted by Gasteiger charge is 2.22. The summed E-state index contributed by atoms with van der Waals surface area (Å²) >= 11 is 1.23. The van der Waals surface area contributed by atoms with E-state index in [0.29, 0.717) is 5.00 Å². The Morgan fingerprint density at radius 2 is 1.76 bits per heavy atom. The van der Waals surface area contributed by atoms with Crippen molar-refractivity contribution in [1.82, 2.24) is 5.32 Å². The van der Waals surface area contributed by atoms with Gasteiger partial charge in [-0.25, -0.2) is 4.79 Å². The summed E-state index contributed by atoms with van der Waals surface area (Å²) in [5.41, 5.74) is 1.13. The lowest BCUT2D eigenvalue weighted by molar-refractivity contribution is -0.147. The standard InChI is InChI=1S/C24H28N2O6S/c1-2-31-24(30)18-13-19(16-9-5-3-6-10-16)33-23(18)26-20(27)15-32-21(28)14-25-22(29)17-11-7-4-8-12-17/h3,5-6,9-10,13,17H,2,4,7-8,11-12,14-15H2,1H3,(H,25,29)(H,26,27). The van der Waals surface area contributed by atoms with Crippen molar-refractivity contribution in [2.24, 2.45) is 5.92 Å². The van der Waals surface area contributed by atoms with Gasteiger partial charge >= 0.3 is 11.9 Å². The van der Waals surface area contributed by atoms with Gasteiger partial charge in [0.1, 0.15) is 11.5 Å². The topological polar surface area (TPSA) is 111 Å². The molecule has 0 radical (unpaired) electrons. The molecule has 8 nitrogen and oxygen atoms in total. The third kappa shape index (κ3) is 7.15. The van der Waals surface area contributed by atoms with E-state index in [9.17, 15) is 19.2 Å². The van der Waals surface area contributed by atoms with Gasteiger partial charge in [-0.05, 0) is 31.4 Å². The molecule has 0 atom stereocenters. The molecule has 1 aromatic carbocycles. The van der Waals surface area contributed by atoms with E-state index in [1.807, 2.05) is 30.3 Å². The minimum atomic E-state index is -0.698. The molecule has 1 heterocycles. The molecule has 0 aliphatic heterocycles. The summed E-state index contributed by atoms with van der Waals surface area (Å²) in [4.78, 5) is 49.6. The number of thiophene rings is 1. The summed E-state index contributed by atoms with van der Waals surface area (Å²) in [6.07, 6.45) is 4.84. The molecule has 33 heavy (non-hydrogen) atoms. The number of anilines is 1. The molecule has 2 N–H and O–H groups in total. The normalized spacial score (nSPS) is 13.7. The molecular formula is C24H28N2O6S. The Kier molecular flexibility index (Phi) is 9.00. The second-order valence-corrected chi connectivity index (χ2v) is 8.75. The van der Waals surface area contributed by atoms with E-state index in [1.165, 1.54) is 11.3 Å². The van der Waals surface area contributed by atoms with E-state index in [1.54, 1.807) is 13.0 Å². The van der Waals surface area contributed by atoms with Gasteiger partial charge in [0.25, 0.3) is 5.91 Å². The fourth-order valence-electron chi connectivity index (χ4n) is 3.62. The zero-order valence-electron chi connectivity index (χ0n) is 18.6. The number of benzene rings is 1. The molecule has 1 aliphatic rings. The Morgan fingerprint density at radius 1 is 1.03 bits per heavy atom. The number of carbonyl (C=O) groups excluding carboxylic acids is 4. The smallest absolute Gasteiger partial charge is 0.341 e. The highest BCUT2D eigenvalue weighted by atomic mass is 32.1. The van der Waals surface area contributed by atoms with Gasteiger partial charge in [-0.1, -0.05) is 49.6 Å². The molecule has 9 heteroatoms. The fourth-order valence-corrected chi connectivity index (χ4v) is 4.68. The summed E-state index contributed by atoms with van der Waals surface area (Å²) in [5.74, 6) is -2.05. The molecule has 3 rings (SSSR count). The minimum absolute atomic E-state index is 0.0613. The van der Waals surface area contributed by atoms with E-state index in [2.05, 4.69) is 10.6 Å². The molecule has 1 fully saturated rings. The van der Waals surface area contributed by atoms with Crippen LogP contribution >= 0.6 is 11.3 Å². The van der Waals surface area contributed by atoms with Crippen LogP contribution < -0.4 is 10.6 Å². The summed E-state index contributed by atoms with van der Waals surface area (Å²) < 4.78 is 10.1. The molecule has 1 aromatic heterocycles. The van der Waals surface area contributed by atoms with Gasteiger partial charge in [-0.15, -0.1) is 11.3 Å². The highest BCUT2D eigenvalue weighted by molar-refractivity contribution is 7.20. The number of esters is 2. The van der Waals surface area contributed by atoms with Crippen molar-refractivity contribution in [1.29, 1.82) is 0 Å². The van der Waals surface area contributed by atoms with Crippen LogP contribution in [0.25, 0.3) is 10.4 Å². The minimum Gasteiger partial charge on any atom is -0.462 e. The van der Waals surface area contributed by atoms with Crippen LogP contribution in [0, 0.1) is 5.92 Å². The first-order valence-electron chi connectivity index (χ1n) is 11.1. The number of hydrogen-bond acceptors (Lipinski definition) is 7. The van der Waals surface area contributed by atoms with Gasteiger partial charge in [-0.3, -0.25) is 14.4 Å². The Balaban J connectivity index is 1.54. The molecule has 0 spiro atoms. The number of carbonyl (C=O) groups is 4. The molecule has 1 saturated carbocycles. The van der Waals surface area contributed by atoms with E-state index in [0.717, 1.165) is 42.5 Å². The predicted octanol–water partition coefficient (Wildman–Crippen LogP) is 3.77. The first-order chi connectivity index (χ1) is 16.0. The molecule has 0 bridgehead atoms. The molecule has 0 saturated heterocycles. The zero-order chi connectivity index (χ0) is 23.6. The summed E-state index contributed by atoms with van der Waals surface area (Å²) in [6, 6.07) is 11.1. The quantitative estimate of drug-likeness (QED) is 0.538. The lowest BCUT2D eigenvalue weighted by Gasteiger charge is -2.20. The molecule has 2 aromatic rings. The van der Waals surface area contributed by atoms with Crippen molar-refractivity contribution in [3.8, 4) is 10.4 Å². The Labute approximate surface area is 196 Å². The first kappa shape index (κ1) is 24.4. The van der Waals surface area contributed by atoms with Crippen molar-refractivity contribution in [3.63, 3.8) is 0 Å². The average Bonchev–Trinajstić information content (AvgIpc) is 3.26. The van der Waals surface area contributed by atoms with Crippen LogP contribution in [0.1, 0.15) is 49.4 Å². The second-order valence-electron chi connectivity index (χ2n) is 7.70. The molecule has 0 unspecified atom stereocenters. The van der Waals surface area contributed by atoms with E-state index >= 15 is 0 Å². The monoisotopic (exact) mass is 472 g/mol. The number of ether oxygens (including phenoxy) is 2. The van der Waals surface area contributed by atoms with E-state index in [-0.39, 0.29) is 30.5 Å². The van der Waals surface area contributed by atoms with Crippen LogP contribution in [0.5, 0.6) is 0 Å². The van der Waals surface area contributed by atoms with Crippen molar-refractivity contribution in [2.45, 2.75) is 39.0 Å². The lowest BCUT2D eigenvalue weighted by Crippen LogP contribution is -2.36. The molecule has 176 valence electrons. The predicted molar refractivity (Wildman–Crippen MR) is 125 cm³/mol. The van der Waals surface area contributed by atoms with Crippen LogP contribution in [0.4, 0.5) is 5.00 Å². The number of hydrogen-bond donors (Lipinski definition) is 2. The zero-order valence-corrected chi connectivity index (χ0v) is 19.4. The Morgan fingerprint density at radius 3 is 2.45 bits per heavy atom. The second kappa shape index (κ2) is 12.2. The fraction of sp³-hybridized carbons (Fsp3) is 0.417. The third-order valence-electron chi connectivity index (χ3n) is 5.29. The third-order valence-corrected chi connectivity index (χ3v) is 6.39. The Bertz CT molecular complexity index is 982. The number of amides is 2. The highest BCUT2D eigenvalue weighted by Crippen LogP contribution is 2.36. The number of rotatable bonds is 9. The van der Waals surface area contributed by atoms with Crippen LogP contribution in [0.15, 0.2) is 36.4 Å². The van der Waals surface area contributed by atoms with Crippen LogP contribution in [-0.2, 0) is 23.9 Å². The average molecular weight is 473 g/mol. The summed E-state index contributed by atoms with van der Waals surface area (Å²) in [5, 5.41) is 5.53. The first-order valence-corrected chi connectivity index (χ1v) is 11.9. The summed E-state index contributed by atoms with van der Waals surface area (Å²) in [7, 11) is 0. The van der Waals surface area contributed by atoms with Crippen LogP contribution in [0.2, 0.25) is 0 Å². The SMILES string of the molecule is CCOC(=O)c1cc(-c2ccccc2)sc1NC(=O)COC(=O)CNC(=O)C1CCCCC1. The van der Waals surface area contributed by atoms with Crippen molar-refractivity contribution in [2.75, 3.05) is 25.1 Å². The molecule has 1 aliphatic carbocycles. The largest absolute Gasteiger partial charge is 0.462 e. The van der Waals surface area contributed by atoms with E-state index in [4.69, 9.17) is 9.47 Å². The van der Waals surface area contributed by atoms with Crippen molar-refractivity contribution in [3.05, 3.63) is 42.0 Å². The van der Waals surface area contributed by atoms with Crippen LogP contribution in [-0.4, -0.2) is 43.5 Å². The van der Waals surface area contributed by atoms with Gasteiger partial charge in [0.2, 0.25) is 5.91 Å². The van der Waals surface area contributed by atoms with Crippen LogP contribution in [0.3, 0.4) is 0 Å². The Hall–Kier alpha value is -3.20. The maximum atomic E-state index is 12.4. The lowest BCUT2D eigenvalue weighted by atomic mass is 9.89.